The summed E-state index contributed by atoms with van der Waals surface area (Å²) in [5.74, 6) is -0.468. The molecule has 1 aromatic carbocycles. The normalized spacial score (nSPS) is 10.8. The Labute approximate surface area is 115 Å². The van der Waals surface area contributed by atoms with Crippen molar-refractivity contribution in [2.75, 3.05) is 12.3 Å². The number of ether oxygens (including phenoxy) is 1. The van der Waals surface area contributed by atoms with Crippen LogP contribution in [0.4, 0.5) is 5.69 Å². The summed E-state index contributed by atoms with van der Waals surface area (Å²) in [6.45, 7) is 7.22. The van der Waals surface area contributed by atoms with Gasteiger partial charge in [0.05, 0.1) is 23.3 Å². The van der Waals surface area contributed by atoms with E-state index >= 15 is 0 Å². The van der Waals surface area contributed by atoms with Crippen molar-refractivity contribution in [1.29, 1.82) is 0 Å². The number of nitrogens with two attached hydrogens (primary N) is 1. The van der Waals surface area contributed by atoms with Gasteiger partial charge in [-0.25, -0.2) is 9.89 Å². The Balaban J connectivity index is 2.97. The number of nitrogen functional groups attached to an aromatic ring is 1. The van der Waals surface area contributed by atoms with Crippen LogP contribution in [-0.4, -0.2) is 22.8 Å². The third kappa shape index (κ3) is 1.93. The molecule has 0 radical (unpaired) electrons. The monoisotopic (exact) mass is 275 g/mol. The standard InChI is InChI=1S/C14H17N3O3/c1-5-20-14(19)9-6(2)10-11(12(15)7(9)3)8(4)16-17-13(10)18/h5,15H2,1-4H3,(H,17,18). The molecule has 0 unspecified atom stereocenters. The van der Waals surface area contributed by atoms with Crippen molar-refractivity contribution in [3.05, 3.63) is 32.7 Å². The number of aromatic nitrogens is 2. The highest BCUT2D eigenvalue weighted by Crippen LogP contribution is 2.31. The van der Waals surface area contributed by atoms with Gasteiger partial charge in [0.1, 0.15) is 0 Å². The molecular weight excluding hydrogens is 258 g/mol. The molecule has 106 valence electrons. The number of fused-ring (bicyclic) bond motifs is 1. The van der Waals surface area contributed by atoms with Gasteiger partial charge in [0.2, 0.25) is 0 Å². The van der Waals surface area contributed by atoms with Crippen molar-refractivity contribution in [3.8, 4) is 0 Å². The Morgan fingerprint density at radius 3 is 2.50 bits per heavy atom. The van der Waals surface area contributed by atoms with Crippen LogP contribution in [0.15, 0.2) is 4.79 Å². The Morgan fingerprint density at radius 1 is 1.25 bits per heavy atom. The Kier molecular flexibility index (Phi) is 3.48. The molecule has 6 heteroatoms. The minimum Gasteiger partial charge on any atom is -0.462 e. The summed E-state index contributed by atoms with van der Waals surface area (Å²) in [6, 6.07) is 0. The summed E-state index contributed by atoms with van der Waals surface area (Å²) in [6.07, 6.45) is 0. The van der Waals surface area contributed by atoms with Gasteiger partial charge in [-0.1, -0.05) is 0 Å². The number of aromatic amines is 1. The summed E-state index contributed by atoms with van der Waals surface area (Å²) in [4.78, 5) is 24.1. The zero-order valence-electron chi connectivity index (χ0n) is 12.0. The van der Waals surface area contributed by atoms with E-state index in [0.29, 0.717) is 38.8 Å². The zero-order valence-corrected chi connectivity index (χ0v) is 12.0. The van der Waals surface area contributed by atoms with Crippen molar-refractivity contribution in [2.45, 2.75) is 27.7 Å². The second-order valence-corrected chi connectivity index (χ2v) is 4.65. The summed E-state index contributed by atoms with van der Waals surface area (Å²) >= 11 is 0. The molecule has 1 heterocycles. The molecule has 0 fully saturated rings. The van der Waals surface area contributed by atoms with E-state index in [2.05, 4.69) is 10.2 Å². The molecular formula is C14H17N3O3. The largest absolute Gasteiger partial charge is 0.462 e. The number of anilines is 1. The smallest absolute Gasteiger partial charge is 0.338 e. The predicted molar refractivity (Wildman–Crippen MR) is 76.9 cm³/mol. The second kappa shape index (κ2) is 4.96. The Morgan fingerprint density at radius 2 is 1.90 bits per heavy atom. The number of hydrogen-bond donors (Lipinski definition) is 2. The lowest BCUT2D eigenvalue weighted by Crippen LogP contribution is -2.17. The molecule has 6 nitrogen and oxygen atoms in total. The molecule has 20 heavy (non-hydrogen) atoms. The SMILES string of the molecule is CCOC(=O)c1c(C)c(N)c2c(C)n[nH]c(=O)c2c1C. The lowest BCUT2D eigenvalue weighted by Gasteiger charge is -2.15. The first-order valence-corrected chi connectivity index (χ1v) is 6.34. The van der Waals surface area contributed by atoms with E-state index in [4.69, 9.17) is 10.5 Å². The maximum atomic E-state index is 12.1. The highest BCUT2D eigenvalue weighted by molar-refractivity contribution is 6.06. The molecule has 0 aliphatic carbocycles. The van der Waals surface area contributed by atoms with E-state index in [0.717, 1.165) is 0 Å². The number of aryl methyl sites for hydroxylation is 2. The van der Waals surface area contributed by atoms with Gasteiger partial charge in [-0.05, 0) is 38.8 Å². The maximum absolute atomic E-state index is 12.1. The first kappa shape index (κ1) is 14.0. The Hall–Kier alpha value is -2.37. The average molecular weight is 275 g/mol. The van der Waals surface area contributed by atoms with Crippen molar-refractivity contribution in [3.63, 3.8) is 0 Å². The van der Waals surface area contributed by atoms with Crippen molar-refractivity contribution >= 4 is 22.4 Å². The van der Waals surface area contributed by atoms with Crippen LogP contribution < -0.4 is 11.3 Å². The van der Waals surface area contributed by atoms with Gasteiger partial charge >= 0.3 is 5.97 Å². The quantitative estimate of drug-likeness (QED) is 0.641. The number of nitrogens with one attached hydrogen (secondary N) is 1. The van der Waals surface area contributed by atoms with Gasteiger partial charge in [-0.15, -0.1) is 0 Å². The van der Waals surface area contributed by atoms with E-state index in [1.807, 2.05) is 0 Å². The number of benzene rings is 1. The molecule has 0 saturated heterocycles. The van der Waals surface area contributed by atoms with Crippen LogP contribution in [0.2, 0.25) is 0 Å². The van der Waals surface area contributed by atoms with Gasteiger partial charge in [0.15, 0.2) is 0 Å². The summed E-state index contributed by atoms with van der Waals surface area (Å²) in [5.41, 5.74) is 8.28. The number of esters is 1. The van der Waals surface area contributed by atoms with Gasteiger partial charge in [-0.3, -0.25) is 4.79 Å². The van der Waals surface area contributed by atoms with Gasteiger partial charge in [0.25, 0.3) is 5.56 Å². The fraction of sp³-hybridized carbons (Fsp3) is 0.357. The number of carbonyl (C=O) groups is 1. The molecule has 2 aromatic rings. The highest BCUT2D eigenvalue weighted by Gasteiger charge is 2.22. The zero-order chi connectivity index (χ0) is 15.0. The third-order valence-corrected chi connectivity index (χ3v) is 3.44. The number of hydrogen-bond acceptors (Lipinski definition) is 5. The van der Waals surface area contributed by atoms with Crippen molar-refractivity contribution < 1.29 is 9.53 Å². The molecule has 0 spiro atoms. The molecule has 1 aromatic heterocycles. The van der Waals surface area contributed by atoms with Gasteiger partial charge in [0, 0.05) is 11.1 Å². The molecule has 2 rings (SSSR count). The predicted octanol–water partition coefficient (Wildman–Crippen LogP) is 1.61. The minimum atomic E-state index is -0.468. The Bertz CT molecular complexity index is 763. The van der Waals surface area contributed by atoms with E-state index in [1.165, 1.54) is 0 Å². The molecule has 0 saturated carbocycles. The molecule has 0 atom stereocenters. The first-order chi connectivity index (χ1) is 9.40. The van der Waals surface area contributed by atoms with E-state index < -0.39 is 5.97 Å². The van der Waals surface area contributed by atoms with Crippen LogP contribution >= 0.6 is 0 Å². The summed E-state index contributed by atoms with van der Waals surface area (Å²) < 4.78 is 5.04. The average Bonchev–Trinajstić information content (AvgIpc) is 2.39. The topological polar surface area (TPSA) is 98.1 Å². The molecule has 0 bridgehead atoms. The van der Waals surface area contributed by atoms with E-state index in [-0.39, 0.29) is 12.2 Å². The van der Waals surface area contributed by atoms with Gasteiger partial charge in [-0.2, -0.15) is 5.10 Å². The first-order valence-electron chi connectivity index (χ1n) is 6.34. The maximum Gasteiger partial charge on any atom is 0.338 e. The molecule has 0 aliphatic rings. The lowest BCUT2D eigenvalue weighted by molar-refractivity contribution is 0.0525. The number of H-pyrrole nitrogens is 1. The van der Waals surface area contributed by atoms with Crippen molar-refractivity contribution in [1.82, 2.24) is 10.2 Å². The van der Waals surface area contributed by atoms with Crippen LogP contribution in [0.1, 0.15) is 34.1 Å². The fourth-order valence-electron chi connectivity index (χ4n) is 2.47. The third-order valence-electron chi connectivity index (χ3n) is 3.44. The number of nitrogens with zero attached hydrogens (tertiary/aromatic N) is 1. The number of carbonyl (C=O) groups excluding carboxylic acids is 1. The van der Waals surface area contributed by atoms with Crippen LogP contribution in [0.25, 0.3) is 10.8 Å². The van der Waals surface area contributed by atoms with E-state index in [9.17, 15) is 9.59 Å². The fourth-order valence-corrected chi connectivity index (χ4v) is 2.47. The van der Waals surface area contributed by atoms with Crippen molar-refractivity contribution in [2.24, 2.45) is 0 Å². The molecule has 3 N–H and O–H groups in total. The molecule has 0 aliphatic heterocycles. The number of rotatable bonds is 2. The van der Waals surface area contributed by atoms with Crippen LogP contribution in [0.3, 0.4) is 0 Å². The molecule has 0 amide bonds. The van der Waals surface area contributed by atoms with Crippen LogP contribution in [0.5, 0.6) is 0 Å². The van der Waals surface area contributed by atoms with Gasteiger partial charge < -0.3 is 10.5 Å². The van der Waals surface area contributed by atoms with Crippen LogP contribution in [-0.2, 0) is 4.74 Å². The second-order valence-electron chi connectivity index (χ2n) is 4.65. The van der Waals surface area contributed by atoms with E-state index in [1.54, 1.807) is 27.7 Å². The minimum absolute atomic E-state index is 0.265. The summed E-state index contributed by atoms with van der Waals surface area (Å²) in [5, 5.41) is 7.33. The highest BCUT2D eigenvalue weighted by atomic mass is 16.5. The van der Waals surface area contributed by atoms with Crippen LogP contribution in [0, 0.1) is 20.8 Å². The summed E-state index contributed by atoms with van der Waals surface area (Å²) in [7, 11) is 0. The lowest BCUT2D eigenvalue weighted by atomic mass is 9.94.